The Morgan fingerprint density at radius 3 is 2.25 bits per heavy atom. The molecule has 3 aromatic rings. The smallest absolute Gasteiger partial charge is 0.343 e. The molecule has 2 heterocycles. The summed E-state index contributed by atoms with van der Waals surface area (Å²) in [5, 5.41) is 0. The number of aromatic nitrogens is 1. The third-order valence-electron chi connectivity index (χ3n) is 6.20. The molecule has 1 aromatic heterocycles. The minimum Gasteiger partial charge on any atom is -0.497 e. The molecule has 0 amide bonds. The van der Waals surface area contributed by atoms with E-state index < -0.39 is 5.97 Å². The van der Waals surface area contributed by atoms with E-state index in [9.17, 15) is 14.0 Å². The molecule has 0 aliphatic carbocycles. The van der Waals surface area contributed by atoms with E-state index in [1.165, 1.54) is 25.3 Å². The van der Waals surface area contributed by atoms with Crippen LogP contribution in [0.15, 0.2) is 53.3 Å². The summed E-state index contributed by atoms with van der Waals surface area (Å²) in [5.74, 6) is 0.644. The summed E-state index contributed by atoms with van der Waals surface area (Å²) >= 11 is 0. The molecule has 1 aliphatic rings. The van der Waals surface area contributed by atoms with E-state index in [0.717, 1.165) is 5.56 Å². The largest absolute Gasteiger partial charge is 0.497 e. The van der Waals surface area contributed by atoms with Crippen molar-refractivity contribution in [1.29, 1.82) is 0 Å². The van der Waals surface area contributed by atoms with E-state index in [1.54, 1.807) is 30.9 Å². The first-order chi connectivity index (χ1) is 17.4. The number of carbonyl (C=O) groups is 1. The zero-order chi connectivity index (χ0) is 25.7. The van der Waals surface area contributed by atoms with Gasteiger partial charge in [0.1, 0.15) is 35.2 Å². The molecule has 190 valence electrons. The maximum atomic E-state index is 13.2. The second-order valence-electron chi connectivity index (χ2n) is 8.47. The fourth-order valence-corrected chi connectivity index (χ4v) is 4.34. The Morgan fingerprint density at radius 1 is 0.917 bits per heavy atom. The minimum absolute atomic E-state index is 0.0803. The standard InChI is InChI=1S/C27H29FN2O6/c1-33-21-12-19(13-22(14-21)34-2)16-29-9-8-23-26(27(32)35-3)24(15-25(31)30(23)11-10-29)36-17-18-4-6-20(28)7-5-18/h4-7,12-15H,8-11,16-17H2,1-3H3. The van der Waals surface area contributed by atoms with Crippen LogP contribution in [0, 0.1) is 5.82 Å². The van der Waals surface area contributed by atoms with Crippen LogP contribution in [0.1, 0.15) is 27.2 Å². The predicted octanol–water partition coefficient (Wildman–Crippen LogP) is 3.43. The lowest BCUT2D eigenvalue weighted by molar-refractivity contribution is 0.0592. The van der Waals surface area contributed by atoms with Crippen molar-refractivity contribution in [2.45, 2.75) is 26.1 Å². The number of halogens is 1. The normalized spacial score (nSPS) is 13.4. The van der Waals surface area contributed by atoms with Gasteiger partial charge >= 0.3 is 5.97 Å². The van der Waals surface area contributed by atoms with Gasteiger partial charge in [0.25, 0.3) is 5.56 Å². The lowest BCUT2D eigenvalue weighted by atomic mass is 10.1. The SMILES string of the molecule is COC(=O)c1c(OCc2ccc(F)cc2)cc(=O)n2c1CCN(Cc1cc(OC)cc(OC)c1)CC2. The quantitative estimate of drug-likeness (QED) is 0.442. The first-order valence-corrected chi connectivity index (χ1v) is 11.6. The van der Waals surface area contributed by atoms with Gasteiger partial charge in [0.15, 0.2) is 0 Å². The summed E-state index contributed by atoms with van der Waals surface area (Å²) < 4.78 is 36.5. The maximum absolute atomic E-state index is 13.2. The molecular weight excluding hydrogens is 467 g/mol. The third-order valence-corrected chi connectivity index (χ3v) is 6.20. The van der Waals surface area contributed by atoms with Gasteiger partial charge in [-0.15, -0.1) is 0 Å². The number of pyridine rings is 1. The van der Waals surface area contributed by atoms with Gasteiger partial charge in [-0.05, 0) is 35.4 Å². The van der Waals surface area contributed by atoms with Gasteiger partial charge in [-0.3, -0.25) is 9.69 Å². The number of ether oxygens (including phenoxy) is 4. The average molecular weight is 497 g/mol. The number of rotatable bonds is 8. The summed E-state index contributed by atoms with van der Waals surface area (Å²) in [4.78, 5) is 28.0. The van der Waals surface area contributed by atoms with Crippen molar-refractivity contribution >= 4 is 5.97 Å². The van der Waals surface area contributed by atoms with Gasteiger partial charge in [0, 0.05) is 50.4 Å². The number of carbonyl (C=O) groups excluding carboxylic acids is 1. The summed E-state index contributed by atoms with van der Waals surface area (Å²) in [7, 11) is 4.52. The second-order valence-corrected chi connectivity index (χ2v) is 8.47. The number of methoxy groups -OCH3 is 3. The molecule has 0 bridgehead atoms. The van der Waals surface area contributed by atoms with Crippen LogP contribution >= 0.6 is 0 Å². The van der Waals surface area contributed by atoms with Crippen molar-refractivity contribution in [2.75, 3.05) is 34.4 Å². The Bertz CT molecular complexity index is 1270. The highest BCUT2D eigenvalue weighted by Gasteiger charge is 2.26. The van der Waals surface area contributed by atoms with Gasteiger partial charge in [-0.1, -0.05) is 12.1 Å². The summed E-state index contributed by atoms with van der Waals surface area (Å²) in [6, 6.07) is 12.9. The molecular formula is C27H29FN2O6. The van der Waals surface area contributed by atoms with Crippen LogP contribution in [-0.2, 0) is 30.9 Å². The number of nitrogens with zero attached hydrogens (tertiary/aromatic N) is 2. The molecule has 0 unspecified atom stereocenters. The number of esters is 1. The second kappa shape index (κ2) is 11.3. The topological polar surface area (TPSA) is 79.2 Å². The zero-order valence-corrected chi connectivity index (χ0v) is 20.6. The molecule has 0 radical (unpaired) electrons. The number of benzene rings is 2. The fourth-order valence-electron chi connectivity index (χ4n) is 4.34. The lowest BCUT2D eigenvalue weighted by Crippen LogP contribution is -2.29. The number of hydrogen-bond donors (Lipinski definition) is 0. The molecule has 0 atom stereocenters. The summed E-state index contributed by atoms with van der Waals surface area (Å²) in [5.41, 5.74) is 2.29. The lowest BCUT2D eigenvalue weighted by Gasteiger charge is -2.20. The Kier molecular flexibility index (Phi) is 7.90. The molecule has 8 nitrogen and oxygen atoms in total. The Labute approximate surface area is 208 Å². The molecule has 0 fully saturated rings. The summed E-state index contributed by atoms with van der Waals surface area (Å²) in [6.07, 6.45) is 0.453. The molecule has 0 spiro atoms. The average Bonchev–Trinajstić information content (AvgIpc) is 3.10. The van der Waals surface area contributed by atoms with Crippen molar-refractivity contribution in [3.63, 3.8) is 0 Å². The monoisotopic (exact) mass is 496 g/mol. The van der Waals surface area contributed by atoms with E-state index in [1.807, 2.05) is 18.2 Å². The van der Waals surface area contributed by atoms with Gasteiger partial charge in [0.2, 0.25) is 0 Å². The molecule has 2 aromatic carbocycles. The highest BCUT2D eigenvalue weighted by Crippen LogP contribution is 2.27. The van der Waals surface area contributed by atoms with Crippen molar-refractivity contribution in [2.24, 2.45) is 0 Å². The van der Waals surface area contributed by atoms with Gasteiger partial charge < -0.3 is 23.5 Å². The fraction of sp³-hybridized carbons (Fsp3) is 0.333. The van der Waals surface area contributed by atoms with E-state index in [0.29, 0.717) is 55.4 Å². The van der Waals surface area contributed by atoms with Crippen LogP contribution in [-0.4, -0.2) is 49.9 Å². The molecule has 1 aliphatic heterocycles. The van der Waals surface area contributed by atoms with E-state index in [-0.39, 0.29) is 29.3 Å². The van der Waals surface area contributed by atoms with Crippen LogP contribution in [0.2, 0.25) is 0 Å². The van der Waals surface area contributed by atoms with Crippen molar-refractivity contribution in [3.05, 3.63) is 87.1 Å². The van der Waals surface area contributed by atoms with Crippen LogP contribution in [0.3, 0.4) is 0 Å². The molecule has 0 saturated carbocycles. The van der Waals surface area contributed by atoms with Gasteiger partial charge in [-0.25, -0.2) is 9.18 Å². The van der Waals surface area contributed by atoms with Gasteiger partial charge in [-0.2, -0.15) is 0 Å². The summed E-state index contributed by atoms with van der Waals surface area (Å²) in [6.45, 7) is 2.35. The van der Waals surface area contributed by atoms with E-state index in [2.05, 4.69) is 4.90 Å². The molecule has 0 N–H and O–H groups in total. The zero-order valence-electron chi connectivity index (χ0n) is 20.6. The number of hydrogen-bond acceptors (Lipinski definition) is 7. The number of fused-ring (bicyclic) bond motifs is 1. The van der Waals surface area contributed by atoms with E-state index >= 15 is 0 Å². The highest BCUT2D eigenvalue weighted by molar-refractivity contribution is 5.93. The van der Waals surface area contributed by atoms with Crippen molar-refractivity contribution in [1.82, 2.24) is 9.47 Å². The molecule has 0 saturated heterocycles. The Hall–Kier alpha value is -3.85. The van der Waals surface area contributed by atoms with Gasteiger partial charge in [0.05, 0.1) is 21.3 Å². The van der Waals surface area contributed by atoms with E-state index in [4.69, 9.17) is 18.9 Å². The Balaban J connectivity index is 1.59. The molecule has 9 heteroatoms. The predicted molar refractivity (Wildman–Crippen MR) is 131 cm³/mol. The maximum Gasteiger partial charge on any atom is 0.343 e. The first-order valence-electron chi connectivity index (χ1n) is 11.6. The Morgan fingerprint density at radius 2 is 1.61 bits per heavy atom. The highest BCUT2D eigenvalue weighted by atomic mass is 19.1. The molecule has 36 heavy (non-hydrogen) atoms. The van der Waals surface area contributed by atoms with Crippen molar-refractivity contribution < 1.29 is 28.1 Å². The minimum atomic E-state index is -0.571. The van der Waals surface area contributed by atoms with Crippen molar-refractivity contribution in [3.8, 4) is 17.2 Å². The van der Waals surface area contributed by atoms with Crippen LogP contribution in [0.25, 0.3) is 0 Å². The first kappa shape index (κ1) is 25.2. The third kappa shape index (κ3) is 5.68. The molecule has 4 rings (SSSR count). The van der Waals surface area contributed by atoms with Crippen LogP contribution < -0.4 is 19.8 Å². The van der Waals surface area contributed by atoms with Crippen LogP contribution in [0.4, 0.5) is 4.39 Å². The van der Waals surface area contributed by atoms with Crippen LogP contribution in [0.5, 0.6) is 17.2 Å².